The number of carbonyl (C=O) groups is 1. The highest BCUT2D eigenvalue weighted by molar-refractivity contribution is 6.16. The summed E-state index contributed by atoms with van der Waals surface area (Å²) in [4.78, 5) is 13.1. The lowest BCUT2D eigenvalue weighted by Gasteiger charge is -2.20. The van der Waals surface area contributed by atoms with Crippen molar-refractivity contribution in [3.05, 3.63) is 120 Å². The van der Waals surface area contributed by atoms with Gasteiger partial charge in [0.15, 0.2) is 5.78 Å². The highest BCUT2D eigenvalue weighted by atomic mass is 16.5. The zero-order chi connectivity index (χ0) is 24.2. The molecule has 0 radical (unpaired) electrons. The Labute approximate surface area is 209 Å². The van der Waals surface area contributed by atoms with Crippen LogP contribution in [0.2, 0.25) is 0 Å². The number of fused-ring (bicyclic) bond motifs is 6. The van der Waals surface area contributed by atoms with Crippen LogP contribution in [-0.2, 0) is 6.42 Å². The fraction of sp³-hybridized carbons (Fsp3) is 0.0606. The van der Waals surface area contributed by atoms with Crippen molar-refractivity contribution in [2.24, 2.45) is 0 Å². The number of methoxy groups -OCH3 is 1. The number of ether oxygens (including phenoxy) is 1. The van der Waals surface area contributed by atoms with Crippen LogP contribution in [0, 0.1) is 0 Å². The maximum absolute atomic E-state index is 13.1. The van der Waals surface area contributed by atoms with Gasteiger partial charge in [0.25, 0.3) is 0 Å². The van der Waals surface area contributed by atoms with Crippen LogP contribution in [0.1, 0.15) is 15.9 Å². The molecule has 0 saturated carbocycles. The summed E-state index contributed by atoms with van der Waals surface area (Å²) in [5.74, 6) is 0.844. The average molecular weight is 466 g/mol. The van der Waals surface area contributed by atoms with Crippen LogP contribution in [-0.4, -0.2) is 17.5 Å². The quantitative estimate of drug-likeness (QED) is 0.266. The van der Waals surface area contributed by atoms with E-state index in [2.05, 4.69) is 89.5 Å². The van der Waals surface area contributed by atoms with Crippen molar-refractivity contribution in [1.29, 1.82) is 0 Å². The number of hydrogen-bond donors (Lipinski definition) is 0. The molecular formula is C33H23NO2. The van der Waals surface area contributed by atoms with E-state index >= 15 is 0 Å². The molecule has 7 rings (SSSR count). The summed E-state index contributed by atoms with van der Waals surface area (Å²) in [6, 6.07) is 37.9. The van der Waals surface area contributed by atoms with Gasteiger partial charge < -0.3 is 9.30 Å². The lowest BCUT2D eigenvalue weighted by Crippen LogP contribution is -2.12. The number of rotatable bonds is 3. The van der Waals surface area contributed by atoms with Gasteiger partial charge in [-0.3, -0.25) is 4.79 Å². The monoisotopic (exact) mass is 465 g/mol. The molecule has 1 aliphatic rings. The molecule has 0 unspecified atom stereocenters. The molecule has 172 valence electrons. The van der Waals surface area contributed by atoms with E-state index in [0.717, 1.165) is 33.5 Å². The van der Waals surface area contributed by atoms with Crippen LogP contribution in [0.5, 0.6) is 5.75 Å². The molecule has 3 nitrogen and oxygen atoms in total. The number of hydrogen-bond acceptors (Lipinski definition) is 2. The van der Waals surface area contributed by atoms with Gasteiger partial charge in [-0.1, -0.05) is 66.7 Å². The summed E-state index contributed by atoms with van der Waals surface area (Å²) in [6.45, 7) is 0. The third kappa shape index (κ3) is 3.03. The van der Waals surface area contributed by atoms with Gasteiger partial charge in [0.05, 0.1) is 18.1 Å². The SMILES string of the molecule is COc1ccc2c(c1)C(=O)Cc1cc(-c3cccc4c3c3ccccc3n4-c3ccccc3)ccc1-2. The van der Waals surface area contributed by atoms with Gasteiger partial charge in [-0.2, -0.15) is 0 Å². The predicted octanol–water partition coefficient (Wildman–Crippen LogP) is 7.87. The largest absolute Gasteiger partial charge is 0.497 e. The van der Waals surface area contributed by atoms with Crippen molar-refractivity contribution in [2.45, 2.75) is 6.42 Å². The topological polar surface area (TPSA) is 31.2 Å². The van der Waals surface area contributed by atoms with E-state index in [1.54, 1.807) is 7.11 Å². The Bertz CT molecular complexity index is 1810. The normalized spacial score (nSPS) is 12.5. The van der Waals surface area contributed by atoms with Gasteiger partial charge in [-0.25, -0.2) is 0 Å². The van der Waals surface area contributed by atoms with Crippen LogP contribution in [0.3, 0.4) is 0 Å². The second-order valence-corrected chi connectivity index (χ2v) is 9.27. The van der Waals surface area contributed by atoms with Gasteiger partial charge in [0.2, 0.25) is 0 Å². The highest BCUT2D eigenvalue weighted by Gasteiger charge is 2.24. The molecule has 36 heavy (non-hydrogen) atoms. The molecule has 0 atom stereocenters. The molecule has 0 aliphatic heterocycles. The van der Waals surface area contributed by atoms with Gasteiger partial charge >= 0.3 is 0 Å². The summed E-state index contributed by atoms with van der Waals surface area (Å²) in [5, 5.41) is 2.45. The van der Waals surface area contributed by atoms with E-state index in [1.807, 2.05) is 24.3 Å². The van der Waals surface area contributed by atoms with Crippen molar-refractivity contribution in [2.75, 3.05) is 7.11 Å². The van der Waals surface area contributed by atoms with Crippen molar-refractivity contribution in [3.63, 3.8) is 0 Å². The Balaban J connectivity index is 1.46. The van der Waals surface area contributed by atoms with Crippen LogP contribution >= 0.6 is 0 Å². The zero-order valence-corrected chi connectivity index (χ0v) is 19.9. The predicted molar refractivity (Wildman–Crippen MR) is 146 cm³/mol. The first-order chi connectivity index (χ1) is 17.7. The number of ketones is 1. The second kappa shape index (κ2) is 7.96. The maximum atomic E-state index is 13.1. The van der Waals surface area contributed by atoms with Crippen molar-refractivity contribution in [1.82, 2.24) is 4.57 Å². The van der Waals surface area contributed by atoms with Crippen LogP contribution in [0.25, 0.3) is 49.7 Å². The van der Waals surface area contributed by atoms with E-state index in [4.69, 9.17) is 4.74 Å². The second-order valence-electron chi connectivity index (χ2n) is 9.27. The Hall–Kier alpha value is -4.63. The average Bonchev–Trinajstić information content (AvgIpc) is 3.28. The molecular weight excluding hydrogens is 442 g/mol. The maximum Gasteiger partial charge on any atom is 0.168 e. The first-order valence-electron chi connectivity index (χ1n) is 12.2. The fourth-order valence-corrected chi connectivity index (χ4v) is 5.67. The summed E-state index contributed by atoms with van der Waals surface area (Å²) >= 11 is 0. The summed E-state index contributed by atoms with van der Waals surface area (Å²) in [5.41, 5.74) is 9.70. The fourth-order valence-electron chi connectivity index (χ4n) is 5.67. The van der Waals surface area contributed by atoms with E-state index in [1.165, 1.54) is 27.4 Å². The molecule has 0 bridgehead atoms. The third-order valence-corrected chi connectivity index (χ3v) is 7.30. The van der Waals surface area contributed by atoms with Crippen molar-refractivity contribution >= 4 is 27.6 Å². The summed E-state index contributed by atoms with van der Waals surface area (Å²) < 4.78 is 7.68. The highest BCUT2D eigenvalue weighted by Crippen LogP contribution is 2.41. The number of para-hydroxylation sites is 2. The Kier molecular flexibility index (Phi) is 4.58. The van der Waals surface area contributed by atoms with Crippen LogP contribution in [0.15, 0.2) is 109 Å². The van der Waals surface area contributed by atoms with E-state index in [0.29, 0.717) is 12.2 Å². The number of Topliss-reactive ketones (excluding diaryl/α,β-unsaturated/α-hetero) is 1. The van der Waals surface area contributed by atoms with E-state index < -0.39 is 0 Å². The number of aromatic nitrogens is 1. The molecule has 0 N–H and O–H groups in total. The summed E-state index contributed by atoms with van der Waals surface area (Å²) in [6.07, 6.45) is 0.394. The lowest BCUT2D eigenvalue weighted by molar-refractivity contribution is 0.0991. The summed E-state index contributed by atoms with van der Waals surface area (Å²) in [7, 11) is 1.63. The number of nitrogens with zero attached hydrogens (tertiary/aromatic N) is 1. The van der Waals surface area contributed by atoms with Crippen molar-refractivity contribution in [3.8, 4) is 33.7 Å². The van der Waals surface area contributed by atoms with E-state index in [-0.39, 0.29) is 5.78 Å². The minimum absolute atomic E-state index is 0.132. The zero-order valence-electron chi connectivity index (χ0n) is 19.9. The van der Waals surface area contributed by atoms with Crippen molar-refractivity contribution < 1.29 is 9.53 Å². The number of benzene rings is 5. The van der Waals surface area contributed by atoms with Gasteiger partial charge in [0.1, 0.15) is 5.75 Å². The first kappa shape index (κ1) is 20.7. The van der Waals surface area contributed by atoms with Gasteiger partial charge in [-0.05, 0) is 70.3 Å². The number of carbonyl (C=O) groups excluding carboxylic acids is 1. The Morgan fingerprint density at radius 3 is 2.31 bits per heavy atom. The Morgan fingerprint density at radius 1 is 0.667 bits per heavy atom. The van der Waals surface area contributed by atoms with E-state index in [9.17, 15) is 4.79 Å². The minimum Gasteiger partial charge on any atom is -0.497 e. The minimum atomic E-state index is 0.132. The Morgan fingerprint density at radius 2 is 1.44 bits per heavy atom. The lowest BCUT2D eigenvalue weighted by atomic mass is 9.83. The van der Waals surface area contributed by atoms with Gasteiger partial charge in [-0.15, -0.1) is 0 Å². The third-order valence-electron chi connectivity index (χ3n) is 7.30. The smallest absolute Gasteiger partial charge is 0.168 e. The molecule has 0 amide bonds. The molecule has 5 aromatic carbocycles. The van der Waals surface area contributed by atoms with Crippen LogP contribution in [0.4, 0.5) is 0 Å². The first-order valence-corrected chi connectivity index (χ1v) is 12.2. The molecule has 1 aromatic heterocycles. The molecule has 0 saturated heterocycles. The molecule has 0 spiro atoms. The molecule has 0 fully saturated rings. The van der Waals surface area contributed by atoms with Gasteiger partial charge in [0, 0.05) is 28.4 Å². The molecule has 1 aliphatic carbocycles. The molecule has 1 heterocycles. The molecule has 6 aromatic rings. The standard InChI is InChI=1S/C33H23NO2/c1-36-24-15-17-27-25-16-14-21(18-22(25)19-32(35)29(27)20-24)26-11-7-13-31-33(26)28-10-5-6-12-30(28)34(31)23-8-3-2-4-9-23/h2-18,20H,19H2,1H3. The molecule has 3 heteroatoms. The van der Waals surface area contributed by atoms with Crippen LogP contribution < -0.4 is 4.74 Å².